The molecule has 1 fully saturated rings. The number of hydrogen-bond acceptors (Lipinski definition) is 4. The zero-order chi connectivity index (χ0) is 12.5. The van der Waals surface area contributed by atoms with E-state index in [-0.39, 0.29) is 0 Å². The Morgan fingerprint density at radius 2 is 1.82 bits per heavy atom. The monoisotopic (exact) mass is 243 g/mol. The van der Waals surface area contributed by atoms with Crippen molar-refractivity contribution in [1.29, 1.82) is 0 Å². The van der Waals surface area contributed by atoms with Gasteiger partial charge >= 0.3 is 0 Å². The van der Waals surface area contributed by atoms with E-state index in [2.05, 4.69) is 16.7 Å². The highest BCUT2D eigenvalue weighted by Gasteiger charge is 2.15. The van der Waals surface area contributed by atoms with Gasteiger partial charge in [0.05, 0.1) is 0 Å². The van der Waals surface area contributed by atoms with Crippen LogP contribution in [0.3, 0.4) is 0 Å². The Labute approximate surface area is 106 Å². The van der Waals surface area contributed by atoms with Crippen LogP contribution < -0.4 is 5.73 Å². The smallest absolute Gasteiger partial charge is 0.0468 e. The molecule has 1 aliphatic heterocycles. The van der Waals surface area contributed by atoms with Gasteiger partial charge in [0, 0.05) is 26.2 Å². The molecule has 3 N–H and O–H groups in total. The van der Waals surface area contributed by atoms with E-state index in [1.165, 1.54) is 39.0 Å². The van der Waals surface area contributed by atoms with E-state index in [0.29, 0.717) is 12.5 Å². The molecule has 1 aliphatic rings. The Bertz CT molecular complexity index is 190. The number of aliphatic hydroxyl groups is 1. The van der Waals surface area contributed by atoms with Gasteiger partial charge in [-0.05, 0) is 51.4 Å². The largest absolute Gasteiger partial charge is 0.396 e. The summed E-state index contributed by atoms with van der Waals surface area (Å²) in [5.74, 6) is 0.402. The van der Waals surface area contributed by atoms with Gasteiger partial charge in [-0.3, -0.25) is 0 Å². The Morgan fingerprint density at radius 1 is 1.12 bits per heavy atom. The molecule has 0 aliphatic carbocycles. The zero-order valence-corrected chi connectivity index (χ0v) is 11.3. The van der Waals surface area contributed by atoms with Crippen LogP contribution in [0.15, 0.2) is 0 Å². The summed E-state index contributed by atoms with van der Waals surface area (Å²) >= 11 is 0. The highest BCUT2D eigenvalue weighted by Crippen LogP contribution is 2.07. The molecule has 0 radical (unpaired) electrons. The number of unbranched alkanes of at least 4 members (excludes halogenated alkanes) is 1. The number of rotatable bonds is 7. The molecule has 1 saturated heterocycles. The van der Waals surface area contributed by atoms with Gasteiger partial charge in [-0.15, -0.1) is 0 Å². The molecule has 0 saturated carbocycles. The van der Waals surface area contributed by atoms with Crippen molar-refractivity contribution >= 4 is 0 Å². The molecule has 1 heterocycles. The van der Waals surface area contributed by atoms with Crippen molar-refractivity contribution in [2.24, 2.45) is 11.7 Å². The van der Waals surface area contributed by atoms with Gasteiger partial charge in [0.15, 0.2) is 0 Å². The minimum absolute atomic E-state index is 0.302. The Balaban J connectivity index is 2.19. The van der Waals surface area contributed by atoms with Gasteiger partial charge in [-0.1, -0.05) is 6.92 Å². The first-order valence-electron chi connectivity index (χ1n) is 7.02. The molecule has 4 heteroatoms. The topological polar surface area (TPSA) is 52.7 Å². The second-order valence-electron chi connectivity index (χ2n) is 5.28. The first kappa shape index (κ1) is 14.9. The highest BCUT2D eigenvalue weighted by atomic mass is 16.3. The van der Waals surface area contributed by atoms with Crippen LogP contribution in [-0.4, -0.2) is 67.3 Å². The molecule has 102 valence electrons. The molecule has 0 amide bonds. The molecule has 17 heavy (non-hydrogen) atoms. The summed E-state index contributed by atoms with van der Waals surface area (Å²) < 4.78 is 0. The summed E-state index contributed by atoms with van der Waals surface area (Å²) in [5, 5.41) is 9.08. The Morgan fingerprint density at radius 3 is 2.53 bits per heavy atom. The lowest BCUT2D eigenvalue weighted by Crippen LogP contribution is -2.34. The summed E-state index contributed by atoms with van der Waals surface area (Å²) in [6, 6.07) is 0. The summed E-state index contributed by atoms with van der Waals surface area (Å²) in [5.41, 5.74) is 5.52. The van der Waals surface area contributed by atoms with Crippen molar-refractivity contribution in [2.45, 2.75) is 26.2 Å². The first-order chi connectivity index (χ1) is 8.26. The zero-order valence-electron chi connectivity index (χ0n) is 11.3. The Hall–Kier alpha value is -0.160. The predicted octanol–water partition coefficient (Wildman–Crippen LogP) is 0.361. The highest BCUT2D eigenvalue weighted by molar-refractivity contribution is 4.71. The van der Waals surface area contributed by atoms with E-state index in [9.17, 15) is 0 Å². The second kappa shape index (κ2) is 8.86. The standard InChI is InChI=1S/C13H29N3O/c1-13(12-17)11-16-8-4-7-15(9-10-16)6-3-2-5-14/h13,17H,2-12,14H2,1H3. The average molecular weight is 243 g/mol. The van der Waals surface area contributed by atoms with Crippen LogP contribution in [0.25, 0.3) is 0 Å². The molecule has 0 aromatic carbocycles. The van der Waals surface area contributed by atoms with Crippen LogP contribution in [0.4, 0.5) is 0 Å². The van der Waals surface area contributed by atoms with Crippen LogP contribution >= 0.6 is 0 Å². The fourth-order valence-electron chi connectivity index (χ4n) is 2.41. The fraction of sp³-hybridized carbons (Fsp3) is 1.00. The molecule has 0 spiro atoms. The van der Waals surface area contributed by atoms with Crippen molar-refractivity contribution in [3.63, 3.8) is 0 Å². The maximum absolute atomic E-state index is 9.08. The van der Waals surface area contributed by atoms with Crippen molar-refractivity contribution in [1.82, 2.24) is 9.80 Å². The van der Waals surface area contributed by atoms with Gasteiger partial charge in [0.2, 0.25) is 0 Å². The van der Waals surface area contributed by atoms with Crippen LogP contribution in [0.2, 0.25) is 0 Å². The van der Waals surface area contributed by atoms with Crippen molar-refractivity contribution in [3.8, 4) is 0 Å². The number of nitrogens with zero attached hydrogens (tertiary/aromatic N) is 2. The summed E-state index contributed by atoms with van der Waals surface area (Å²) in [4.78, 5) is 5.04. The van der Waals surface area contributed by atoms with Gasteiger partial charge < -0.3 is 20.6 Å². The lowest BCUT2D eigenvalue weighted by molar-refractivity contribution is 0.174. The number of aliphatic hydroxyl groups excluding tert-OH is 1. The quantitative estimate of drug-likeness (QED) is 0.634. The maximum Gasteiger partial charge on any atom is 0.0468 e. The lowest BCUT2D eigenvalue weighted by atomic mass is 10.2. The SMILES string of the molecule is CC(CO)CN1CCCN(CCCCN)CC1. The molecule has 0 aromatic rings. The van der Waals surface area contributed by atoms with E-state index >= 15 is 0 Å². The molecule has 0 bridgehead atoms. The molecule has 1 rings (SSSR count). The van der Waals surface area contributed by atoms with E-state index in [4.69, 9.17) is 10.8 Å². The van der Waals surface area contributed by atoms with Crippen LogP contribution in [0.5, 0.6) is 0 Å². The van der Waals surface area contributed by atoms with E-state index in [0.717, 1.165) is 26.1 Å². The molecular weight excluding hydrogens is 214 g/mol. The molecule has 0 aromatic heterocycles. The molecule has 1 unspecified atom stereocenters. The predicted molar refractivity (Wildman–Crippen MR) is 72.0 cm³/mol. The first-order valence-corrected chi connectivity index (χ1v) is 7.02. The summed E-state index contributed by atoms with van der Waals surface area (Å²) in [6.45, 7) is 10.2. The van der Waals surface area contributed by atoms with Gasteiger partial charge in [-0.25, -0.2) is 0 Å². The van der Waals surface area contributed by atoms with Crippen LogP contribution in [0.1, 0.15) is 26.2 Å². The normalized spacial score (nSPS) is 21.4. The van der Waals surface area contributed by atoms with Crippen LogP contribution in [-0.2, 0) is 0 Å². The third-order valence-electron chi connectivity index (χ3n) is 3.49. The fourth-order valence-corrected chi connectivity index (χ4v) is 2.41. The van der Waals surface area contributed by atoms with E-state index in [1.807, 2.05) is 0 Å². The molecule has 4 nitrogen and oxygen atoms in total. The third-order valence-corrected chi connectivity index (χ3v) is 3.49. The average Bonchev–Trinajstić information content (AvgIpc) is 2.55. The second-order valence-corrected chi connectivity index (χ2v) is 5.28. The van der Waals surface area contributed by atoms with Gasteiger partial charge in [0.25, 0.3) is 0 Å². The summed E-state index contributed by atoms with van der Waals surface area (Å²) in [6.07, 6.45) is 3.62. The number of hydrogen-bond donors (Lipinski definition) is 2. The molecular formula is C13H29N3O. The van der Waals surface area contributed by atoms with Crippen molar-refractivity contribution < 1.29 is 5.11 Å². The minimum atomic E-state index is 0.302. The van der Waals surface area contributed by atoms with Crippen LogP contribution in [0, 0.1) is 5.92 Å². The lowest BCUT2D eigenvalue weighted by Gasteiger charge is -2.23. The van der Waals surface area contributed by atoms with Gasteiger partial charge in [0.1, 0.15) is 0 Å². The third kappa shape index (κ3) is 6.36. The van der Waals surface area contributed by atoms with Crippen molar-refractivity contribution in [3.05, 3.63) is 0 Å². The number of nitrogens with two attached hydrogens (primary N) is 1. The van der Waals surface area contributed by atoms with Crippen molar-refractivity contribution in [2.75, 3.05) is 52.4 Å². The maximum atomic E-state index is 9.08. The van der Waals surface area contributed by atoms with Gasteiger partial charge in [-0.2, -0.15) is 0 Å². The Kier molecular flexibility index (Phi) is 7.77. The van der Waals surface area contributed by atoms with E-state index in [1.54, 1.807) is 0 Å². The minimum Gasteiger partial charge on any atom is -0.396 e. The summed E-state index contributed by atoms with van der Waals surface area (Å²) in [7, 11) is 0. The van der Waals surface area contributed by atoms with E-state index < -0.39 is 0 Å². The molecule has 1 atom stereocenters.